The van der Waals surface area contributed by atoms with Gasteiger partial charge in [0.05, 0.1) is 11.3 Å². The molecule has 0 saturated carbocycles. The molecule has 0 fully saturated rings. The van der Waals surface area contributed by atoms with Crippen molar-refractivity contribution in [3.63, 3.8) is 0 Å². The van der Waals surface area contributed by atoms with Crippen molar-refractivity contribution in [1.29, 1.82) is 5.26 Å². The number of nitriles is 1. The summed E-state index contributed by atoms with van der Waals surface area (Å²) in [5.41, 5.74) is 9.65. The minimum Gasteiger partial charge on any atom is -0.343 e. The maximum Gasteiger partial charge on any atom is 0.101 e. The van der Waals surface area contributed by atoms with Crippen LogP contribution in [0.1, 0.15) is 24.1 Å². The molecular weight excluding hydrogens is 234 g/mol. The van der Waals surface area contributed by atoms with Crippen molar-refractivity contribution in [2.45, 2.75) is 13.0 Å². The normalized spacial score (nSPS) is 11.7. The number of hydrogen-bond acceptors (Lipinski definition) is 3. The second-order valence-corrected chi connectivity index (χ2v) is 4.54. The molecular formula is C16H17N3. The predicted octanol–water partition coefficient (Wildman–Crippen LogP) is 3.35. The maximum absolute atomic E-state index is 9.19. The summed E-state index contributed by atoms with van der Waals surface area (Å²) in [5, 5.41) is 9.19. The Morgan fingerprint density at radius 1 is 1.05 bits per heavy atom. The molecule has 19 heavy (non-hydrogen) atoms. The first kappa shape index (κ1) is 13.1. The zero-order valence-corrected chi connectivity index (χ0v) is 11.2. The molecule has 0 aliphatic rings. The second-order valence-electron chi connectivity index (χ2n) is 4.54. The van der Waals surface area contributed by atoms with Crippen molar-refractivity contribution in [3.8, 4) is 6.07 Å². The molecule has 0 aliphatic carbocycles. The third-order valence-electron chi connectivity index (χ3n) is 3.17. The Morgan fingerprint density at radius 3 is 2.26 bits per heavy atom. The third-order valence-corrected chi connectivity index (χ3v) is 3.17. The van der Waals surface area contributed by atoms with Crippen LogP contribution < -0.4 is 10.6 Å². The maximum atomic E-state index is 9.19. The van der Waals surface area contributed by atoms with Gasteiger partial charge in [-0.25, -0.2) is 0 Å². The molecule has 2 N–H and O–H groups in total. The smallest absolute Gasteiger partial charge is 0.101 e. The van der Waals surface area contributed by atoms with E-state index in [9.17, 15) is 5.26 Å². The summed E-state index contributed by atoms with van der Waals surface area (Å²) in [6, 6.07) is 17.7. The van der Waals surface area contributed by atoms with Gasteiger partial charge in [-0.05, 0) is 30.7 Å². The van der Waals surface area contributed by atoms with E-state index >= 15 is 0 Å². The van der Waals surface area contributed by atoms with Crippen molar-refractivity contribution in [1.82, 2.24) is 0 Å². The molecule has 0 aromatic heterocycles. The van der Waals surface area contributed by atoms with Gasteiger partial charge in [0.15, 0.2) is 0 Å². The summed E-state index contributed by atoms with van der Waals surface area (Å²) in [4.78, 5) is 2.01. The Morgan fingerprint density at radius 2 is 1.63 bits per heavy atom. The van der Waals surface area contributed by atoms with Crippen LogP contribution in [0, 0.1) is 11.3 Å². The zero-order chi connectivity index (χ0) is 13.8. The largest absolute Gasteiger partial charge is 0.343 e. The molecule has 0 bridgehead atoms. The summed E-state index contributed by atoms with van der Waals surface area (Å²) in [7, 11) is 1.96. The van der Waals surface area contributed by atoms with Gasteiger partial charge in [0.1, 0.15) is 6.07 Å². The van der Waals surface area contributed by atoms with E-state index in [1.165, 1.54) is 0 Å². The van der Waals surface area contributed by atoms with Crippen LogP contribution in [0.5, 0.6) is 0 Å². The lowest BCUT2D eigenvalue weighted by molar-refractivity contribution is 0.815. The van der Waals surface area contributed by atoms with E-state index in [1.54, 1.807) is 0 Å². The standard InChI is InChI=1S/C16H17N3/c1-12(18)14-8-4-6-10-16(14)19(2)15-9-5-3-7-13(15)11-17/h3-10,12H,18H2,1-2H3. The van der Waals surface area contributed by atoms with Crippen LogP contribution in [-0.4, -0.2) is 7.05 Å². The van der Waals surface area contributed by atoms with Gasteiger partial charge < -0.3 is 10.6 Å². The van der Waals surface area contributed by atoms with E-state index in [-0.39, 0.29) is 6.04 Å². The summed E-state index contributed by atoms with van der Waals surface area (Å²) >= 11 is 0. The number of benzene rings is 2. The summed E-state index contributed by atoms with van der Waals surface area (Å²) < 4.78 is 0. The molecule has 2 aromatic carbocycles. The quantitative estimate of drug-likeness (QED) is 0.910. The molecule has 0 aliphatic heterocycles. The minimum absolute atomic E-state index is 0.0482. The van der Waals surface area contributed by atoms with Crippen molar-refractivity contribution in [2.24, 2.45) is 5.73 Å². The van der Waals surface area contributed by atoms with Crippen LogP contribution in [0.3, 0.4) is 0 Å². The number of nitrogens with zero attached hydrogens (tertiary/aromatic N) is 2. The summed E-state index contributed by atoms with van der Waals surface area (Å²) in [5.74, 6) is 0. The average Bonchev–Trinajstić information content (AvgIpc) is 2.46. The highest BCUT2D eigenvalue weighted by molar-refractivity contribution is 5.71. The van der Waals surface area contributed by atoms with Crippen LogP contribution >= 0.6 is 0 Å². The fourth-order valence-electron chi connectivity index (χ4n) is 2.17. The molecule has 0 heterocycles. The van der Waals surface area contributed by atoms with Crippen molar-refractivity contribution < 1.29 is 0 Å². The topological polar surface area (TPSA) is 53.0 Å². The van der Waals surface area contributed by atoms with Gasteiger partial charge in [-0.3, -0.25) is 0 Å². The fourth-order valence-corrected chi connectivity index (χ4v) is 2.17. The number of para-hydroxylation sites is 2. The summed E-state index contributed by atoms with van der Waals surface area (Å²) in [6.07, 6.45) is 0. The monoisotopic (exact) mass is 251 g/mol. The summed E-state index contributed by atoms with van der Waals surface area (Å²) in [6.45, 7) is 1.96. The molecule has 0 radical (unpaired) electrons. The highest BCUT2D eigenvalue weighted by Gasteiger charge is 2.13. The lowest BCUT2D eigenvalue weighted by atomic mass is 10.0. The van der Waals surface area contributed by atoms with Crippen LogP contribution in [0.15, 0.2) is 48.5 Å². The number of anilines is 2. The van der Waals surface area contributed by atoms with Gasteiger partial charge >= 0.3 is 0 Å². The van der Waals surface area contributed by atoms with E-state index in [0.717, 1.165) is 16.9 Å². The van der Waals surface area contributed by atoms with E-state index in [4.69, 9.17) is 5.73 Å². The molecule has 2 aromatic rings. The fraction of sp³-hybridized carbons (Fsp3) is 0.188. The Balaban J connectivity index is 2.51. The first-order valence-corrected chi connectivity index (χ1v) is 6.22. The van der Waals surface area contributed by atoms with Crippen LogP contribution in [0.25, 0.3) is 0 Å². The van der Waals surface area contributed by atoms with Crippen molar-refractivity contribution in [2.75, 3.05) is 11.9 Å². The van der Waals surface area contributed by atoms with Crippen LogP contribution in [0.4, 0.5) is 11.4 Å². The Bertz CT molecular complexity index is 611. The second kappa shape index (κ2) is 5.55. The number of nitrogens with two attached hydrogens (primary N) is 1. The Labute approximate surface area is 113 Å². The minimum atomic E-state index is -0.0482. The lowest BCUT2D eigenvalue weighted by Crippen LogP contribution is -2.16. The predicted molar refractivity (Wildman–Crippen MR) is 78.3 cm³/mol. The third kappa shape index (κ3) is 2.59. The molecule has 0 amide bonds. The lowest BCUT2D eigenvalue weighted by Gasteiger charge is -2.24. The molecule has 1 atom stereocenters. The first-order chi connectivity index (χ1) is 9.15. The van der Waals surface area contributed by atoms with Gasteiger partial charge in [-0.15, -0.1) is 0 Å². The van der Waals surface area contributed by atoms with E-state index in [2.05, 4.69) is 6.07 Å². The van der Waals surface area contributed by atoms with Crippen LogP contribution in [0.2, 0.25) is 0 Å². The van der Waals surface area contributed by atoms with Gasteiger partial charge in [-0.2, -0.15) is 5.26 Å². The first-order valence-electron chi connectivity index (χ1n) is 6.22. The number of rotatable bonds is 3. The number of hydrogen-bond donors (Lipinski definition) is 1. The van der Waals surface area contributed by atoms with Crippen LogP contribution in [-0.2, 0) is 0 Å². The highest BCUT2D eigenvalue weighted by atomic mass is 15.1. The van der Waals surface area contributed by atoms with Gasteiger partial charge in [0, 0.05) is 18.8 Å². The SMILES string of the molecule is CC(N)c1ccccc1N(C)c1ccccc1C#N. The molecule has 2 rings (SSSR count). The van der Waals surface area contributed by atoms with Crippen molar-refractivity contribution >= 4 is 11.4 Å². The molecule has 3 heteroatoms. The van der Waals surface area contributed by atoms with Gasteiger partial charge in [0.25, 0.3) is 0 Å². The average molecular weight is 251 g/mol. The molecule has 96 valence electrons. The van der Waals surface area contributed by atoms with E-state index in [0.29, 0.717) is 5.56 Å². The Hall–Kier alpha value is -2.31. The van der Waals surface area contributed by atoms with E-state index < -0.39 is 0 Å². The molecule has 0 saturated heterocycles. The highest BCUT2D eigenvalue weighted by Crippen LogP contribution is 2.31. The molecule has 3 nitrogen and oxygen atoms in total. The molecule has 0 spiro atoms. The molecule has 1 unspecified atom stereocenters. The van der Waals surface area contributed by atoms with Gasteiger partial charge in [-0.1, -0.05) is 30.3 Å². The van der Waals surface area contributed by atoms with Gasteiger partial charge in [0.2, 0.25) is 0 Å². The van der Waals surface area contributed by atoms with Crippen molar-refractivity contribution in [3.05, 3.63) is 59.7 Å². The Kier molecular flexibility index (Phi) is 3.84. The zero-order valence-electron chi connectivity index (χ0n) is 11.2. The van der Waals surface area contributed by atoms with E-state index in [1.807, 2.05) is 67.4 Å².